The fourth-order valence-electron chi connectivity index (χ4n) is 1.14. The first-order valence-electron chi connectivity index (χ1n) is 4.22. The summed E-state index contributed by atoms with van der Waals surface area (Å²) >= 11 is -2.19. The van der Waals surface area contributed by atoms with Gasteiger partial charge in [-0.3, -0.25) is 9.27 Å². The second-order valence-corrected chi connectivity index (χ2v) is 3.46. The molecule has 6 nitrogen and oxygen atoms in total. The van der Waals surface area contributed by atoms with Gasteiger partial charge < -0.3 is 9.47 Å². The Bertz CT molecular complexity index is 420. The van der Waals surface area contributed by atoms with Crippen LogP contribution in [0.5, 0.6) is 5.75 Å². The van der Waals surface area contributed by atoms with Crippen molar-refractivity contribution in [2.45, 2.75) is 0 Å². The predicted molar refractivity (Wildman–Crippen MR) is 58.7 cm³/mol. The summed E-state index contributed by atoms with van der Waals surface area (Å²) in [5, 5.41) is 0. The second-order valence-electron chi connectivity index (χ2n) is 2.76. The highest BCUT2D eigenvalue weighted by Gasteiger charge is 2.13. The third-order valence-corrected chi connectivity index (χ3v) is 2.22. The van der Waals surface area contributed by atoms with E-state index < -0.39 is 17.2 Å². The zero-order valence-corrected chi connectivity index (χ0v) is 9.54. The predicted octanol–water partition coefficient (Wildman–Crippen LogP) is 1.03. The van der Waals surface area contributed by atoms with E-state index in [2.05, 4.69) is 9.46 Å². The molecule has 0 bridgehead atoms. The summed E-state index contributed by atoms with van der Waals surface area (Å²) in [6.45, 7) is 0. The first kappa shape index (κ1) is 12.5. The lowest BCUT2D eigenvalue weighted by molar-refractivity contribution is 0.0597. The molecule has 0 saturated heterocycles. The van der Waals surface area contributed by atoms with Crippen molar-refractivity contribution >= 4 is 22.9 Å². The van der Waals surface area contributed by atoms with Crippen molar-refractivity contribution in [2.24, 2.45) is 0 Å². The van der Waals surface area contributed by atoms with Crippen LogP contribution in [0.4, 0.5) is 5.69 Å². The van der Waals surface area contributed by atoms with Gasteiger partial charge in [-0.2, -0.15) is 0 Å². The van der Waals surface area contributed by atoms with Gasteiger partial charge in [-0.15, -0.1) is 0 Å². The van der Waals surface area contributed by atoms with Gasteiger partial charge in [0.15, 0.2) is 0 Å². The molecule has 0 radical (unpaired) electrons. The van der Waals surface area contributed by atoms with E-state index in [0.29, 0.717) is 11.4 Å². The maximum atomic E-state index is 11.4. The Labute approximate surface area is 95.0 Å². The van der Waals surface area contributed by atoms with Crippen molar-refractivity contribution in [3.8, 4) is 5.75 Å². The molecule has 1 aromatic rings. The Morgan fingerprint density at radius 2 is 2.12 bits per heavy atom. The van der Waals surface area contributed by atoms with Crippen LogP contribution in [-0.2, 0) is 16.0 Å². The third kappa shape index (κ3) is 2.94. The Morgan fingerprint density at radius 1 is 1.44 bits per heavy atom. The fourth-order valence-corrected chi connectivity index (χ4v) is 1.47. The summed E-state index contributed by atoms with van der Waals surface area (Å²) in [5.74, 6) is -0.245. The number of methoxy groups -OCH3 is 2. The summed E-state index contributed by atoms with van der Waals surface area (Å²) in [4.78, 5) is 11.4. The van der Waals surface area contributed by atoms with Gasteiger partial charge in [0.1, 0.15) is 11.3 Å². The van der Waals surface area contributed by atoms with E-state index in [0.717, 1.165) is 0 Å². The number of nitrogens with one attached hydrogen (secondary N) is 1. The Morgan fingerprint density at radius 3 is 2.62 bits per heavy atom. The van der Waals surface area contributed by atoms with E-state index in [9.17, 15) is 9.00 Å². The second kappa shape index (κ2) is 5.47. The van der Waals surface area contributed by atoms with Crippen LogP contribution >= 0.6 is 0 Å². The highest BCUT2D eigenvalue weighted by atomic mass is 32.2. The average molecular weight is 245 g/mol. The lowest BCUT2D eigenvalue weighted by Gasteiger charge is -2.08. The first-order chi connectivity index (χ1) is 7.58. The average Bonchev–Trinajstić information content (AvgIpc) is 2.27. The van der Waals surface area contributed by atoms with Crippen LogP contribution in [-0.4, -0.2) is 29.0 Å². The number of esters is 1. The van der Waals surface area contributed by atoms with Crippen molar-refractivity contribution in [2.75, 3.05) is 18.9 Å². The van der Waals surface area contributed by atoms with E-state index in [1.165, 1.54) is 32.4 Å². The van der Waals surface area contributed by atoms with E-state index in [1.54, 1.807) is 0 Å². The molecule has 1 unspecified atom stereocenters. The Balaban J connectivity index is 3.10. The van der Waals surface area contributed by atoms with Crippen molar-refractivity contribution in [3.05, 3.63) is 23.8 Å². The van der Waals surface area contributed by atoms with Crippen LogP contribution in [0.3, 0.4) is 0 Å². The zero-order valence-electron chi connectivity index (χ0n) is 8.72. The van der Waals surface area contributed by atoms with Gasteiger partial charge in [0.25, 0.3) is 11.3 Å². The number of benzene rings is 1. The van der Waals surface area contributed by atoms with Gasteiger partial charge in [0.05, 0.1) is 14.2 Å². The zero-order chi connectivity index (χ0) is 12.1. The largest absolute Gasteiger partial charge is 0.496 e. The molecule has 0 spiro atoms. The molecule has 16 heavy (non-hydrogen) atoms. The summed E-state index contributed by atoms with van der Waals surface area (Å²) in [7, 11) is 2.66. The van der Waals surface area contributed by atoms with Gasteiger partial charge in [-0.25, -0.2) is 9.00 Å². The van der Waals surface area contributed by atoms with E-state index >= 15 is 0 Å². The molecule has 7 heteroatoms. The minimum absolute atomic E-state index is 0.181. The lowest BCUT2D eigenvalue weighted by Crippen LogP contribution is -2.07. The molecule has 0 amide bonds. The molecule has 88 valence electrons. The molecule has 1 aromatic carbocycles. The van der Waals surface area contributed by atoms with Crippen molar-refractivity contribution in [3.63, 3.8) is 0 Å². The summed E-state index contributed by atoms with van der Waals surface area (Å²) in [6.07, 6.45) is 0. The number of hydrogen-bond acceptors (Lipinski definition) is 4. The maximum absolute atomic E-state index is 11.4. The van der Waals surface area contributed by atoms with Crippen molar-refractivity contribution in [1.29, 1.82) is 0 Å². The molecule has 0 aliphatic heterocycles. The SMILES string of the molecule is COC(=O)c1cc(NS(=O)O)ccc1OC. The third-order valence-electron chi connectivity index (χ3n) is 1.81. The van der Waals surface area contributed by atoms with Gasteiger partial charge >= 0.3 is 5.97 Å². The lowest BCUT2D eigenvalue weighted by atomic mass is 10.2. The first-order valence-corrected chi connectivity index (χ1v) is 5.33. The van der Waals surface area contributed by atoms with E-state index in [-0.39, 0.29) is 5.56 Å². The van der Waals surface area contributed by atoms with Crippen molar-refractivity contribution < 1.29 is 23.0 Å². The molecular weight excluding hydrogens is 234 g/mol. The number of rotatable bonds is 4. The number of hydrogen-bond donors (Lipinski definition) is 2. The Hall–Kier alpha value is -1.60. The van der Waals surface area contributed by atoms with Gasteiger partial charge in [0, 0.05) is 5.69 Å². The van der Waals surface area contributed by atoms with Gasteiger partial charge in [-0.05, 0) is 18.2 Å². The molecule has 0 saturated carbocycles. The van der Waals surface area contributed by atoms with E-state index in [4.69, 9.17) is 9.29 Å². The monoisotopic (exact) mass is 245 g/mol. The molecule has 1 atom stereocenters. The van der Waals surface area contributed by atoms with Crippen molar-refractivity contribution in [1.82, 2.24) is 0 Å². The number of carbonyl (C=O) groups is 1. The molecule has 0 fully saturated rings. The molecule has 1 rings (SSSR count). The maximum Gasteiger partial charge on any atom is 0.341 e. The Kier molecular flexibility index (Phi) is 4.27. The summed E-state index contributed by atoms with van der Waals surface area (Å²) in [5.41, 5.74) is 0.502. The van der Waals surface area contributed by atoms with Crippen LogP contribution < -0.4 is 9.46 Å². The smallest absolute Gasteiger partial charge is 0.341 e. The molecule has 0 heterocycles. The molecular formula is C9H11NO5S. The summed E-state index contributed by atoms with van der Waals surface area (Å²) in [6, 6.07) is 4.39. The van der Waals surface area contributed by atoms with Crippen LogP contribution in [0.2, 0.25) is 0 Å². The number of carbonyl (C=O) groups excluding carboxylic acids is 1. The van der Waals surface area contributed by atoms with Crippen LogP contribution in [0.25, 0.3) is 0 Å². The summed E-state index contributed by atoms with van der Waals surface area (Å²) < 4.78 is 30.9. The molecule has 2 N–H and O–H groups in total. The normalized spacial score (nSPS) is 11.7. The minimum atomic E-state index is -2.19. The standard InChI is InChI=1S/C9H11NO5S/c1-14-8-4-3-6(10-16(12)13)5-7(8)9(11)15-2/h3-5,10H,1-2H3,(H,12,13). The number of anilines is 1. The van der Waals surface area contributed by atoms with Crippen LogP contribution in [0.15, 0.2) is 18.2 Å². The molecule has 0 aliphatic rings. The van der Waals surface area contributed by atoms with Crippen LogP contribution in [0, 0.1) is 0 Å². The highest BCUT2D eigenvalue weighted by Crippen LogP contribution is 2.23. The van der Waals surface area contributed by atoms with E-state index in [1.807, 2.05) is 0 Å². The molecule has 0 aliphatic carbocycles. The number of ether oxygens (including phenoxy) is 2. The highest BCUT2D eigenvalue weighted by molar-refractivity contribution is 7.80. The quantitative estimate of drug-likeness (QED) is 0.611. The fraction of sp³-hybridized carbons (Fsp3) is 0.222. The van der Waals surface area contributed by atoms with Gasteiger partial charge in [0.2, 0.25) is 0 Å². The topological polar surface area (TPSA) is 84.9 Å². The minimum Gasteiger partial charge on any atom is -0.496 e. The van der Waals surface area contributed by atoms with Gasteiger partial charge in [-0.1, -0.05) is 0 Å². The van der Waals surface area contributed by atoms with Crippen LogP contribution in [0.1, 0.15) is 10.4 Å². The molecule has 0 aromatic heterocycles.